The van der Waals surface area contributed by atoms with Crippen LogP contribution in [0, 0.1) is 0 Å². The standard InChI is InChI=1S/C18H19N7O6PS/c1-28-13-12-10(6-29-32(26,27)31-12)30-16(13)25-15-11(14(19)20-7-21-15)24-18(25)33-17-22-8-4-2-3-5-9(8)23-17/h2-5,7,10,12-13,16,26-27H,6H2,1H3,(H,22,23)(H2,19,20,21)/q+1/t10-,12-,13?,16+/m0/s1. The first-order valence-corrected chi connectivity index (χ1v) is 12.2. The number of fused-ring (bicyclic) bond motifs is 3. The molecule has 0 bridgehead atoms. The lowest BCUT2D eigenvalue weighted by Crippen LogP contribution is -2.41. The predicted octanol–water partition coefficient (Wildman–Crippen LogP) is 1.43. The number of para-hydroxylation sites is 2. The van der Waals surface area contributed by atoms with E-state index < -0.39 is 32.7 Å². The van der Waals surface area contributed by atoms with E-state index in [0.717, 1.165) is 11.0 Å². The van der Waals surface area contributed by atoms with E-state index in [1.54, 1.807) is 4.57 Å². The van der Waals surface area contributed by atoms with Crippen molar-refractivity contribution in [2.75, 3.05) is 19.5 Å². The molecule has 15 heteroatoms. The average Bonchev–Trinajstić information content (AvgIpc) is 3.45. The Kier molecular flexibility index (Phi) is 5.01. The van der Waals surface area contributed by atoms with Crippen LogP contribution in [0.3, 0.4) is 0 Å². The molecule has 1 aromatic carbocycles. The molecule has 6 rings (SSSR count). The highest BCUT2D eigenvalue weighted by atomic mass is 32.2. The van der Waals surface area contributed by atoms with E-state index in [2.05, 4.69) is 24.9 Å². The van der Waals surface area contributed by atoms with Gasteiger partial charge in [0.05, 0.1) is 11.0 Å². The van der Waals surface area contributed by atoms with Crippen LogP contribution in [0.4, 0.5) is 5.82 Å². The Morgan fingerprint density at radius 3 is 2.94 bits per heavy atom. The number of benzene rings is 1. The first-order chi connectivity index (χ1) is 15.9. The van der Waals surface area contributed by atoms with Gasteiger partial charge in [0.25, 0.3) is 0 Å². The van der Waals surface area contributed by atoms with Gasteiger partial charge in [-0.2, -0.15) is 14.3 Å². The van der Waals surface area contributed by atoms with Gasteiger partial charge in [-0.1, -0.05) is 12.1 Å². The van der Waals surface area contributed by atoms with Crippen LogP contribution in [0.5, 0.6) is 0 Å². The smallest absolute Gasteiger partial charge is 0.382 e. The fourth-order valence-electron chi connectivity index (χ4n) is 4.06. The van der Waals surface area contributed by atoms with Gasteiger partial charge in [-0.05, 0) is 23.9 Å². The largest absolute Gasteiger partial charge is 0.570 e. The minimum atomic E-state index is -3.95. The number of ether oxygens (including phenoxy) is 2. The fraction of sp³-hybridized carbons (Fsp3) is 0.333. The Bertz CT molecular complexity index is 1320. The molecule has 0 amide bonds. The molecule has 2 fully saturated rings. The summed E-state index contributed by atoms with van der Waals surface area (Å²) in [4.78, 5) is 40.8. The molecule has 1 unspecified atom stereocenters. The number of anilines is 1. The quantitative estimate of drug-likeness (QED) is 0.302. The number of nitrogens with two attached hydrogens (primary N) is 1. The Balaban J connectivity index is 1.45. The molecule has 5 heterocycles. The van der Waals surface area contributed by atoms with Crippen LogP contribution in [0.25, 0.3) is 22.2 Å². The van der Waals surface area contributed by atoms with Crippen molar-refractivity contribution in [3.8, 4) is 0 Å². The summed E-state index contributed by atoms with van der Waals surface area (Å²) < 4.78 is 24.0. The van der Waals surface area contributed by atoms with Gasteiger partial charge in [0.15, 0.2) is 39.6 Å². The van der Waals surface area contributed by atoms with Crippen LogP contribution in [0.2, 0.25) is 0 Å². The lowest BCUT2D eigenvalue weighted by Gasteiger charge is -2.26. The van der Waals surface area contributed by atoms with Gasteiger partial charge in [-0.15, -0.1) is 4.52 Å². The minimum Gasteiger partial charge on any atom is -0.382 e. The number of H-pyrrole nitrogens is 1. The molecular formula is C18H19N7O6PS+. The van der Waals surface area contributed by atoms with Crippen molar-refractivity contribution in [1.82, 2.24) is 29.5 Å². The molecule has 2 aliphatic heterocycles. The fourth-order valence-corrected chi connectivity index (χ4v) is 5.94. The van der Waals surface area contributed by atoms with Crippen LogP contribution in [-0.2, 0) is 18.5 Å². The molecule has 0 spiro atoms. The zero-order chi connectivity index (χ0) is 22.7. The second kappa shape index (κ2) is 7.82. The molecule has 2 saturated heterocycles. The van der Waals surface area contributed by atoms with E-state index in [9.17, 15) is 9.79 Å². The summed E-state index contributed by atoms with van der Waals surface area (Å²) in [6.45, 7) is -0.0579. The second-order valence-corrected chi connectivity index (χ2v) is 9.88. The summed E-state index contributed by atoms with van der Waals surface area (Å²) in [7, 11) is -2.46. The molecule has 0 saturated carbocycles. The SMILES string of the molecule is COC1[C@H]2O[P+](O)(O)OC[C@@H]2O[C@H]1n1c(Sc2nc3ccccc3[nH]2)nc2c(N)ncnc21. The Labute approximate surface area is 190 Å². The summed E-state index contributed by atoms with van der Waals surface area (Å²) in [6.07, 6.45) is -1.49. The number of nitrogens with one attached hydrogen (secondary N) is 1. The molecule has 4 atom stereocenters. The molecule has 4 aromatic rings. The van der Waals surface area contributed by atoms with E-state index in [1.807, 2.05) is 24.3 Å². The predicted molar refractivity (Wildman–Crippen MR) is 117 cm³/mol. The summed E-state index contributed by atoms with van der Waals surface area (Å²) in [6, 6.07) is 7.67. The van der Waals surface area contributed by atoms with E-state index in [4.69, 9.17) is 24.3 Å². The first-order valence-electron chi connectivity index (χ1n) is 9.90. The molecule has 13 nitrogen and oxygen atoms in total. The molecule has 33 heavy (non-hydrogen) atoms. The number of rotatable bonds is 4. The number of nitrogen functional groups attached to an aromatic ring is 1. The maximum Gasteiger partial charge on any atom is 0.570 e. The normalized spacial score (nSPS) is 26.8. The van der Waals surface area contributed by atoms with Gasteiger partial charge in [0.2, 0.25) is 0 Å². The number of aromatic amines is 1. The average molecular weight is 492 g/mol. The Morgan fingerprint density at radius 1 is 1.27 bits per heavy atom. The first kappa shape index (κ1) is 21.1. The van der Waals surface area contributed by atoms with Crippen molar-refractivity contribution in [3.05, 3.63) is 30.6 Å². The molecule has 5 N–H and O–H groups in total. The van der Waals surface area contributed by atoms with E-state index >= 15 is 0 Å². The van der Waals surface area contributed by atoms with Gasteiger partial charge in [-0.3, -0.25) is 4.57 Å². The zero-order valence-corrected chi connectivity index (χ0v) is 18.8. The van der Waals surface area contributed by atoms with E-state index in [-0.39, 0.29) is 12.4 Å². The number of aromatic nitrogens is 6. The zero-order valence-electron chi connectivity index (χ0n) is 17.1. The van der Waals surface area contributed by atoms with Crippen LogP contribution in [0.1, 0.15) is 6.23 Å². The highest BCUT2D eigenvalue weighted by molar-refractivity contribution is 7.99. The number of methoxy groups -OCH3 is 1. The number of hydrogen-bond acceptors (Lipinski definition) is 12. The van der Waals surface area contributed by atoms with Crippen LogP contribution in [-0.4, -0.2) is 71.3 Å². The molecule has 0 radical (unpaired) electrons. The van der Waals surface area contributed by atoms with Crippen molar-refractivity contribution < 1.29 is 28.3 Å². The molecule has 2 aliphatic rings. The molecule has 172 valence electrons. The summed E-state index contributed by atoms with van der Waals surface area (Å²) in [5.41, 5.74) is 8.60. The van der Waals surface area contributed by atoms with Gasteiger partial charge in [-0.25, -0.2) is 19.9 Å². The van der Waals surface area contributed by atoms with Crippen molar-refractivity contribution in [2.24, 2.45) is 0 Å². The van der Waals surface area contributed by atoms with Gasteiger partial charge >= 0.3 is 8.17 Å². The van der Waals surface area contributed by atoms with Crippen molar-refractivity contribution in [3.63, 3.8) is 0 Å². The topological polar surface area (TPSA) is 176 Å². The van der Waals surface area contributed by atoms with Crippen LogP contribution < -0.4 is 5.73 Å². The third-order valence-corrected chi connectivity index (χ3v) is 7.37. The number of nitrogens with zero attached hydrogens (tertiary/aromatic N) is 5. The summed E-state index contributed by atoms with van der Waals surface area (Å²) in [5.74, 6) is 0.213. The van der Waals surface area contributed by atoms with E-state index in [1.165, 1.54) is 25.2 Å². The Morgan fingerprint density at radius 2 is 2.12 bits per heavy atom. The maximum absolute atomic E-state index is 9.92. The van der Waals surface area contributed by atoms with Crippen LogP contribution in [0.15, 0.2) is 40.9 Å². The highest BCUT2D eigenvalue weighted by Gasteiger charge is 2.60. The van der Waals surface area contributed by atoms with Crippen molar-refractivity contribution >= 4 is 47.9 Å². The molecule has 3 aromatic heterocycles. The second-order valence-electron chi connectivity index (χ2n) is 7.48. The third kappa shape index (κ3) is 3.55. The minimum absolute atomic E-state index is 0.0579. The summed E-state index contributed by atoms with van der Waals surface area (Å²) in [5, 5.41) is 1.09. The number of imidazole rings is 2. The van der Waals surface area contributed by atoms with Crippen LogP contribution >= 0.6 is 19.9 Å². The van der Waals surface area contributed by atoms with Crippen molar-refractivity contribution in [1.29, 1.82) is 0 Å². The lowest BCUT2D eigenvalue weighted by molar-refractivity contribution is -0.0763. The van der Waals surface area contributed by atoms with Gasteiger partial charge in [0, 0.05) is 7.11 Å². The Hall–Kier alpha value is -2.42. The number of hydrogen-bond donors (Lipinski definition) is 4. The van der Waals surface area contributed by atoms with Crippen molar-refractivity contribution in [2.45, 2.75) is 34.9 Å². The van der Waals surface area contributed by atoms with Gasteiger partial charge < -0.3 is 20.2 Å². The van der Waals surface area contributed by atoms with E-state index in [0.29, 0.717) is 21.5 Å². The summed E-state index contributed by atoms with van der Waals surface area (Å²) >= 11 is 1.27. The third-order valence-electron chi connectivity index (χ3n) is 5.51. The molecular weight excluding hydrogens is 473 g/mol. The maximum atomic E-state index is 9.92. The van der Waals surface area contributed by atoms with Gasteiger partial charge in [0.1, 0.15) is 25.1 Å². The monoisotopic (exact) mass is 492 g/mol. The lowest BCUT2D eigenvalue weighted by atomic mass is 10.1. The highest BCUT2D eigenvalue weighted by Crippen LogP contribution is 2.59. The molecule has 0 aliphatic carbocycles.